The molecule has 0 aliphatic rings. The van der Waals surface area contributed by atoms with Crippen LogP contribution < -0.4 is 5.56 Å². The lowest BCUT2D eigenvalue weighted by Gasteiger charge is -2.10. The van der Waals surface area contributed by atoms with Crippen LogP contribution in [0.3, 0.4) is 0 Å². The second kappa shape index (κ2) is 6.37. The van der Waals surface area contributed by atoms with E-state index >= 15 is 0 Å². The van der Waals surface area contributed by atoms with Crippen molar-refractivity contribution in [3.8, 4) is 0 Å². The molecule has 1 heterocycles. The van der Waals surface area contributed by atoms with Crippen LogP contribution in [0.4, 0.5) is 0 Å². The van der Waals surface area contributed by atoms with Gasteiger partial charge in [-0.15, -0.1) is 0 Å². The third-order valence-corrected chi connectivity index (χ3v) is 5.60. The van der Waals surface area contributed by atoms with E-state index in [1.54, 1.807) is 23.4 Å². The third kappa shape index (κ3) is 2.94. The number of hydrogen-bond acceptors (Lipinski definition) is 3. The molecule has 1 aromatic heterocycles. The molecule has 0 aliphatic carbocycles. The van der Waals surface area contributed by atoms with Gasteiger partial charge in [-0.2, -0.15) is 0 Å². The standard InChI is InChI=1S/C21H18N2OS/c1-14-7-3-4-10-17(14)13-25-21-22-19-12-16-9-6-5-8-15(16)11-18(19)20(24)23(21)2/h3-12H,13H2,1-2H3. The van der Waals surface area contributed by atoms with E-state index in [9.17, 15) is 4.79 Å². The zero-order chi connectivity index (χ0) is 17.4. The maximum absolute atomic E-state index is 12.8. The number of thioether (sulfide) groups is 1. The molecular weight excluding hydrogens is 328 g/mol. The van der Waals surface area contributed by atoms with Gasteiger partial charge in [-0.05, 0) is 41.0 Å². The molecule has 0 atom stereocenters. The van der Waals surface area contributed by atoms with Crippen LogP contribution in [0.2, 0.25) is 0 Å². The summed E-state index contributed by atoms with van der Waals surface area (Å²) in [6.45, 7) is 2.11. The number of aromatic nitrogens is 2. The average Bonchev–Trinajstić information content (AvgIpc) is 2.63. The van der Waals surface area contributed by atoms with Crippen molar-refractivity contribution >= 4 is 33.4 Å². The molecule has 0 N–H and O–H groups in total. The fourth-order valence-corrected chi connectivity index (χ4v) is 4.03. The molecule has 25 heavy (non-hydrogen) atoms. The average molecular weight is 346 g/mol. The predicted octanol–water partition coefficient (Wildman–Crippen LogP) is 4.69. The van der Waals surface area contributed by atoms with Crippen molar-refractivity contribution in [2.75, 3.05) is 0 Å². The van der Waals surface area contributed by atoms with Crippen molar-refractivity contribution in [3.05, 3.63) is 82.1 Å². The first-order valence-corrected chi connectivity index (χ1v) is 9.19. The summed E-state index contributed by atoms with van der Waals surface area (Å²) in [4.78, 5) is 17.5. The van der Waals surface area contributed by atoms with Crippen LogP contribution in [0.25, 0.3) is 21.7 Å². The molecule has 0 saturated carbocycles. The summed E-state index contributed by atoms with van der Waals surface area (Å²) in [6.07, 6.45) is 0. The van der Waals surface area contributed by atoms with Gasteiger partial charge in [0.1, 0.15) is 0 Å². The number of aryl methyl sites for hydroxylation is 1. The van der Waals surface area contributed by atoms with Crippen molar-refractivity contribution in [1.29, 1.82) is 0 Å². The fraction of sp³-hybridized carbons (Fsp3) is 0.143. The van der Waals surface area contributed by atoms with E-state index in [0.29, 0.717) is 5.39 Å². The van der Waals surface area contributed by atoms with Crippen LogP contribution in [-0.4, -0.2) is 9.55 Å². The highest BCUT2D eigenvalue weighted by Crippen LogP contribution is 2.25. The van der Waals surface area contributed by atoms with E-state index in [4.69, 9.17) is 4.98 Å². The molecule has 0 spiro atoms. The summed E-state index contributed by atoms with van der Waals surface area (Å²) in [7, 11) is 1.80. The van der Waals surface area contributed by atoms with E-state index in [1.807, 2.05) is 48.5 Å². The van der Waals surface area contributed by atoms with Crippen molar-refractivity contribution < 1.29 is 0 Å². The molecule has 4 heteroatoms. The molecule has 0 amide bonds. The highest BCUT2D eigenvalue weighted by atomic mass is 32.2. The van der Waals surface area contributed by atoms with Gasteiger partial charge in [0, 0.05) is 12.8 Å². The van der Waals surface area contributed by atoms with Crippen LogP contribution in [0.1, 0.15) is 11.1 Å². The van der Waals surface area contributed by atoms with Crippen LogP contribution in [-0.2, 0) is 12.8 Å². The molecule has 0 unspecified atom stereocenters. The second-order valence-electron chi connectivity index (χ2n) is 6.19. The van der Waals surface area contributed by atoms with Crippen LogP contribution in [0.5, 0.6) is 0 Å². The molecule has 3 aromatic carbocycles. The maximum Gasteiger partial charge on any atom is 0.261 e. The minimum absolute atomic E-state index is 0.00281. The van der Waals surface area contributed by atoms with Crippen molar-refractivity contribution in [2.45, 2.75) is 17.8 Å². The second-order valence-corrected chi connectivity index (χ2v) is 7.13. The van der Waals surface area contributed by atoms with Gasteiger partial charge in [0.2, 0.25) is 0 Å². The van der Waals surface area contributed by atoms with Crippen molar-refractivity contribution in [1.82, 2.24) is 9.55 Å². The molecule has 0 aliphatic heterocycles. The molecule has 4 aromatic rings. The molecule has 4 rings (SSSR count). The smallest absolute Gasteiger partial charge is 0.261 e. The van der Waals surface area contributed by atoms with Gasteiger partial charge in [-0.3, -0.25) is 9.36 Å². The normalized spacial score (nSPS) is 11.3. The highest BCUT2D eigenvalue weighted by Gasteiger charge is 2.10. The zero-order valence-corrected chi connectivity index (χ0v) is 15.0. The van der Waals surface area contributed by atoms with E-state index in [-0.39, 0.29) is 5.56 Å². The minimum atomic E-state index is 0.00281. The topological polar surface area (TPSA) is 34.9 Å². The molecule has 0 bridgehead atoms. The van der Waals surface area contributed by atoms with E-state index in [2.05, 4.69) is 19.1 Å². The van der Waals surface area contributed by atoms with Gasteiger partial charge in [0.15, 0.2) is 5.16 Å². The fourth-order valence-electron chi connectivity index (χ4n) is 2.98. The largest absolute Gasteiger partial charge is 0.290 e. The zero-order valence-electron chi connectivity index (χ0n) is 14.2. The summed E-state index contributed by atoms with van der Waals surface area (Å²) < 4.78 is 1.65. The molecule has 124 valence electrons. The lowest BCUT2D eigenvalue weighted by Crippen LogP contribution is -2.20. The van der Waals surface area contributed by atoms with Crippen molar-refractivity contribution in [2.24, 2.45) is 7.05 Å². The first kappa shape index (κ1) is 15.9. The van der Waals surface area contributed by atoms with Gasteiger partial charge >= 0.3 is 0 Å². The summed E-state index contributed by atoms with van der Waals surface area (Å²) >= 11 is 1.60. The van der Waals surface area contributed by atoms with Crippen molar-refractivity contribution in [3.63, 3.8) is 0 Å². The Labute approximate surface area is 150 Å². The predicted molar refractivity (Wildman–Crippen MR) is 105 cm³/mol. The lowest BCUT2D eigenvalue weighted by atomic mass is 10.1. The van der Waals surface area contributed by atoms with Gasteiger partial charge in [0.25, 0.3) is 5.56 Å². The van der Waals surface area contributed by atoms with Crippen LogP contribution in [0, 0.1) is 6.92 Å². The Hall–Kier alpha value is -2.59. The van der Waals surface area contributed by atoms with E-state index in [1.165, 1.54) is 11.1 Å². The maximum atomic E-state index is 12.8. The lowest BCUT2D eigenvalue weighted by molar-refractivity contribution is 0.726. The number of fused-ring (bicyclic) bond motifs is 2. The SMILES string of the molecule is Cc1ccccc1CSc1nc2cc3ccccc3cc2c(=O)n1C. The summed E-state index contributed by atoms with van der Waals surface area (Å²) in [5.41, 5.74) is 3.28. The summed E-state index contributed by atoms with van der Waals surface area (Å²) in [5.74, 6) is 0.798. The Morgan fingerprint density at radius 3 is 2.44 bits per heavy atom. The Morgan fingerprint density at radius 2 is 1.68 bits per heavy atom. The number of nitrogens with zero attached hydrogens (tertiary/aromatic N) is 2. The Bertz CT molecular complexity index is 1150. The first-order valence-electron chi connectivity index (χ1n) is 8.20. The monoisotopic (exact) mass is 346 g/mol. The van der Waals surface area contributed by atoms with Gasteiger partial charge < -0.3 is 0 Å². The van der Waals surface area contributed by atoms with Gasteiger partial charge in [-0.1, -0.05) is 60.3 Å². The number of rotatable bonds is 3. The number of benzene rings is 3. The Morgan fingerprint density at radius 1 is 1.00 bits per heavy atom. The quantitative estimate of drug-likeness (QED) is 0.307. The Kier molecular flexibility index (Phi) is 4.06. The Balaban J connectivity index is 1.79. The molecule has 0 saturated heterocycles. The highest BCUT2D eigenvalue weighted by molar-refractivity contribution is 7.98. The molecule has 0 radical (unpaired) electrons. The van der Waals surface area contributed by atoms with Gasteiger partial charge in [-0.25, -0.2) is 4.98 Å². The summed E-state index contributed by atoms with van der Waals surface area (Å²) in [6, 6.07) is 20.3. The first-order chi connectivity index (χ1) is 12.1. The van der Waals surface area contributed by atoms with Crippen LogP contribution in [0.15, 0.2) is 70.6 Å². The van der Waals surface area contributed by atoms with E-state index in [0.717, 1.165) is 27.2 Å². The third-order valence-electron chi connectivity index (χ3n) is 4.52. The number of hydrogen-bond donors (Lipinski definition) is 0. The van der Waals surface area contributed by atoms with Crippen LogP contribution >= 0.6 is 11.8 Å². The summed E-state index contributed by atoms with van der Waals surface area (Å²) in [5, 5.41) is 3.58. The van der Waals surface area contributed by atoms with E-state index < -0.39 is 0 Å². The molecule has 0 fully saturated rings. The molecule has 3 nitrogen and oxygen atoms in total. The minimum Gasteiger partial charge on any atom is -0.290 e. The van der Waals surface area contributed by atoms with Gasteiger partial charge in [0.05, 0.1) is 10.9 Å². The molecular formula is C21H18N2OS.